The van der Waals surface area contributed by atoms with E-state index >= 15 is 0 Å². The van der Waals surface area contributed by atoms with Gasteiger partial charge in [-0.05, 0) is 31.4 Å². The first-order chi connectivity index (χ1) is 8.99. The van der Waals surface area contributed by atoms with Crippen LogP contribution in [0.2, 0.25) is 5.02 Å². The zero-order valence-electron chi connectivity index (χ0n) is 11.4. The summed E-state index contributed by atoms with van der Waals surface area (Å²) in [5.74, 6) is 0.150. The number of carbonyl (C=O) groups is 1. The highest BCUT2D eigenvalue weighted by Crippen LogP contribution is 2.37. The van der Waals surface area contributed by atoms with Crippen LogP contribution in [0.25, 0.3) is 0 Å². The van der Waals surface area contributed by atoms with Gasteiger partial charge in [0, 0.05) is 11.1 Å². The Labute approximate surface area is 118 Å². The summed E-state index contributed by atoms with van der Waals surface area (Å²) in [4.78, 5) is 10.8. The molecule has 1 rings (SSSR count). The van der Waals surface area contributed by atoms with Gasteiger partial charge in [0.25, 0.3) is 0 Å². The molecule has 0 saturated carbocycles. The summed E-state index contributed by atoms with van der Waals surface area (Å²) < 4.78 is 11.0. The highest BCUT2D eigenvalue weighted by atomic mass is 35.5. The van der Waals surface area contributed by atoms with Gasteiger partial charge in [-0.25, -0.2) is 0 Å². The fraction of sp³-hybridized carbons (Fsp3) is 0.500. The third-order valence-corrected chi connectivity index (χ3v) is 3.00. The Morgan fingerprint density at radius 1 is 1.26 bits per heavy atom. The number of halogens is 1. The minimum absolute atomic E-state index is 0.0271. The molecule has 0 amide bonds. The average Bonchev–Trinajstić information content (AvgIpc) is 2.31. The van der Waals surface area contributed by atoms with Crippen molar-refractivity contribution in [2.75, 3.05) is 13.2 Å². The minimum atomic E-state index is -0.851. The van der Waals surface area contributed by atoms with E-state index in [1.807, 2.05) is 20.8 Å². The number of ether oxygens (including phenoxy) is 2. The first kappa shape index (κ1) is 15.6. The molecule has 0 heterocycles. The van der Waals surface area contributed by atoms with Crippen molar-refractivity contribution in [2.45, 2.75) is 33.1 Å². The monoisotopic (exact) mass is 286 g/mol. The summed E-state index contributed by atoms with van der Waals surface area (Å²) in [5.41, 5.74) is 0.760. The molecule has 0 aromatic heterocycles. The van der Waals surface area contributed by atoms with Crippen molar-refractivity contribution in [3.05, 3.63) is 22.7 Å². The summed E-state index contributed by atoms with van der Waals surface area (Å²) in [6, 6.07) is 3.45. The lowest BCUT2D eigenvalue weighted by atomic mass is 9.97. The minimum Gasteiger partial charge on any atom is -0.490 e. The lowest BCUT2D eigenvalue weighted by Crippen LogP contribution is -2.05. The molecular formula is C14H19ClO4. The maximum Gasteiger partial charge on any atom is 0.303 e. The van der Waals surface area contributed by atoms with Gasteiger partial charge in [0.05, 0.1) is 19.6 Å². The standard InChI is InChI=1S/C14H19ClO4/c1-4-18-12-7-10(9(3)6-14(16)17)11(15)8-13(12)19-5-2/h7-9H,4-6H2,1-3H3,(H,16,17). The van der Waals surface area contributed by atoms with Crippen molar-refractivity contribution in [1.29, 1.82) is 0 Å². The Morgan fingerprint density at radius 2 is 1.79 bits per heavy atom. The second-order valence-corrected chi connectivity index (χ2v) is 4.59. The molecule has 0 saturated heterocycles. The van der Waals surface area contributed by atoms with Gasteiger partial charge >= 0.3 is 5.97 Å². The summed E-state index contributed by atoms with van der Waals surface area (Å²) in [6.07, 6.45) is 0.0271. The predicted octanol–water partition coefficient (Wildman–Crippen LogP) is 3.72. The molecular weight excluding hydrogens is 268 g/mol. The maximum absolute atomic E-state index is 10.8. The van der Waals surface area contributed by atoms with Crippen LogP contribution in [0.1, 0.15) is 38.7 Å². The maximum atomic E-state index is 10.8. The van der Waals surface area contributed by atoms with E-state index in [9.17, 15) is 4.79 Å². The fourth-order valence-electron chi connectivity index (χ4n) is 1.84. The Kier molecular flexibility index (Phi) is 5.96. The summed E-state index contributed by atoms with van der Waals surface area (Å²) in [5, 5.41) is 9.35. The Hall–Kier alpha value is -1.42. The SMILES string of the molecule is CCOc1cc(Cl)c(C(C)CC(=O)O)cc1OCC. The van der Waals surface area contributed by atoms with Crippen LogP contribution < -0.4 is 9.47 Å². The fourth-order valence-corrected chi connectivity index (χ4v) is 2.18. The van der Waals surface area contributed by atoms with Crippen LogP contribution in [-0.2, 0) is 4.79 Å². The largest absolute Gasteiger partial charge is 0.490 e. The molecule has 1 atom stereocenters. The van der Waals surface area contributed by atoms with Gasteiger partial charge in [0.15, 0.2) is 11.5 Å². The molecule has 0 radical (unpaired) electrons. The van der Waals surface area contributed by atoms with Crippen molar-refractivity contribution < 1.29 is 19.4 Å². The van der Waals surface area contributed by atoms with E-state index in [0.717, 1.165) is 5.56 Å². The molecule has 4 nitrogen and oxygen atoms in total. The van der Waals surface area contributed by atoms with Crippen LogP contribution in [-0.4, -0.2) is 24.3 Å². The predicted molar refractivity (Wildman–Crippen MR) is 74.5 cm³/mol. The molecule has 106 valence electrons. The molecule has 1 unspecified atom stereocenters. The third kappa shape index (κ3) is 4.31. The highest BCUT2D eigenvalue weighted by molar-refractivity contribution is 6.31. The van der Waals surface area contributed by atoms with Crippen LogP contribution in [0.5, 0.6) is 11.5 Å². The van der Waals surface area contributed by atoms with E-state index in [2.05, 4.69) is 0 Å². The van der Waals surface area contributed by atoms with Crippen LogP contribution >= 0.6 is 11.6 Å². The van der Waals surface area contributed by atoms with Crippen LogP contribution in [0, 0.1) is 0 Å². The van der Waals surface area contributed by atoms with Gasteiger partial charge in [-0.1, -0.05) is 18.5 Å². The number of aliphatic carboxylic acids is 1. The van der Waals surface area contributed by atoms with Gasteiger partial charge in [-0.2, -0.15) is 0 Å². The van der Waals surface area contributed by atoms with E-state index in [1.165, 1.54) is 0 Å². The molecule has 0 fully saturated rings. The van der Waals surface area contributed by atoms with Crippen LogP contribution in [0.4, 0.5) is 0 Å². The van der Waals surface area contributed by atoms with Gasteiger partial charge in [-0.15, -0.1) is 0 Å². The summed E-state index contributed by atoms with van der Waals surface area (Å²) >= 11 is 6.19. The van der Waals surface area contributed by atoms with E-state index in [0.29, 0.717) is 29.7 Å². The number of carboxylic acid groups (broad SMARTS) is 1. The summed E-state index contributed by atoms with van der Waals surface area (Å²) in [6.45, 7) is 6.61. The van der Waals surface area contributed by atoms with Crippen LogP contribution in [0.3, 0.4) is 0 Å². The van der Waals surface area contributed by atoms with E-state index < -0.39 is 5.97 Å². The number of rotatable bonds is 7. The van der Waals surface area contributed by atoms with Gasteiger partial charge in [0.2, 0.25) is 0 Å². The van der Waals surface area contributed by atoms with Gasteiger partial charge in [-0.3, -0.25) is 4.79 Å². The molecule has 1 aromatic rings. The number of hydrogen-bond donors (Lipinski definition) is 1. The lowest BCUT2D eigenvalue weighted by molar-refractivity contribution is -0.137. The Bertz CT molecular complexity index is 445. The normalized spacial score (nSPS) is 12.0. The molecule has 1 N–H and O–H groups in total. The van der Waals surface area contributed by atoms with Crippen molar-refractivity contribution in [3.63, 3.8) is 0 Å². The van der Waals surface area contributed by atoms with Gasteiger partial charge in [0.1, 0.15) is 0 Å². The Balaban J connectivity index is 3.11. The lowest BCUT2D eigenvalue weighted by Gasteiger charge is -2.17. The quantitative estimate of drug-likeness (QED) is 0.830. The second-order valence-electron chi connectivity index (χ2n) is 4.19. The molecule has 0 aliphatic heterocycles. The molecule has 0 bridgehead atoms. The Morgan fingerprint density at radius 3 is 2.26 bits per heavy atom. The van der Waals surface area contributed by atoms with Crippen LogP contribution in [0.15, 0.2) is 12.1 Å². The zero-order valence-corrected chi connectivity index (χ0v) is 12.2. The van der Waals surface area contributed by atoms with Crippen molar-refractivity contribution in [2.24, 2.45) is 0 Å². The molecule has 1 aromatic carbocycles. The average molecular weight is 287 g/mol. The van der Waals surface area contributed by atoms with Crippen molar-refractivity contribution >= 4 is 17.6 Å². The second kappa shape index (κ2) is 7.24. The zero-order chi connectivity index (χ0) is 14.4. The highest BCUT2D eigenvalue weighted by Gasteiger charge is 2.17. The smallest absolute Gasteiger partial charge is 0.303 e. The summed E-state index contributed by atoms with van der Waals surface area (Å²) in [7, 11) is 0. The number of hydrogen-bond acceptors (Lipinski definition) is 3. The van der Waals surface area contributed by atoms with E-state index in [-0.39, 0.29) is 12.3 Å². The molecule has 0 spiro atoms. The van der Waals surface area contributed by atoms with Crippen molar-refractivity contribution in [3.8, 4) is 11.5 Å². The molecule has 0 aliphatic rings. The first-order valence-corrected chi connectivity index (χ1v) is 6.68. The first-order valence-electron chi connectivity index (χ1n) is 6.30. The molecule has 19 heavy (non-hydrogen) atoms. The molecule has 5 heteroatoms. The van der Waals surface area contributed by atoms with Crippen molar-refractivity contribution in [1.82, 2.24) is 0 Å². The topological polar surface area (TPSA) is 55.8 Å². The molecule has 0 aliphatic carbocycles. The number of carboxylic acids is 1. The van der Waals surface area contributed by atoms with E-state index in [1.54, 1.807) is 12.1 Å². The number of benzene rings is 1. The van der Waals surface area contributed by atoms with E-state index in [4.69, 9.17) is 26.2 Å². The van der Waals surface area contributed by atoms with Gasteiger partial charge < -0.3 is 14.6 Å². The third-order valence-electron chi connectivity index (χ3n) is 2.67.